The van der Waals surface area contributed by atoms with E-state index in [0.717, 1.165) is 18.4 Å². The number of hydrogen-bond donors (Lipinski definition) is 2. The molecule has 0 aliphatic carbocycles. The summed E-state index contributed by atoms with van der Waals surface area (Å²) in [5.41, 5.74) is 6.64. The second-order valence-electron chi connectivity index (χ2n) is 9.31. The first-order valence-electron chi connectivity index (χ1n) is 12.6. The Morgan fingerprint density at radius 2 is 1.97 bits per heavy atom. The summed E-state index contributed by atoms with van der Waals surface area (Å²) < 4.78 is 11.0. The Kier molecular flexibility index (Phi) is 8.71. The van der Waals surface area contributed by atoms with E-state index in [1.165, 1.54) is 0 Å². The Balaban J connectivity index is 1.59. The van der Waals surface area contributed by atoms with Crippen LogP contribution in [0, 0.1) is 5.92 Å². The maximum absolute atomic E-state index is 13.3. The van der Waals surface area contributed by atoms with Crippen molar-refractivity contribution in [2.24, 2.45) is 11.7 Å². The summed E-state index contributed by atoms with van der Waals surface area (Å²) in [5, 5.41) is 10.3. The summed E-state index contributed by atoms with van der Waals surface area (Å²) in [6.45, 7) is 4.37. The zero-order valence-corrected chi connectivity index (χ0v) is 20.7. The normalized spacial score (nSPS) is 21.0. The Bertz CT molecular complexity index is 1040. The van der Waals surface area contributed by atoms with Gasteiger partial charge < -0.3 is 25.2 Å². The van der Waals surface area contributed by atoms with E-state index >= 15 is 0 Å². The van der Waals surface area contributed by atoms with Gasteiger partial charge in [-0.25, -0.2) is 9.97 Å². The van der Waals surface area contributed by atoms with Crippen LogP contribution in [0.4, 0.5) is 0 Å². The monoisotopic (exact) mass is 497 g/mol. The standard InChI is InChI=1S/C26H35N5O5/c1-2-3-12-30(13-9-27)24(32)16-31-15-19(18-5-7-21-22(14-18)36-17-35-21)25(26(33)34)20(31)6-8-23-28-10-4-11-29-23/h4-5,7,10-11,14,19-20,25H,2-3,6,8-9,12-13,15-17,27H2,1H3,(H,33,34)/t19-,20+,25-/m1/s1. The fourth-order valence-corrected chi connectivity index (χ4v) is 5.21. The van der Waals surface area contributed by atoms with Gasteiger partial charge in [0.15, 0.2) is 11.5 Å². The molecular formula is C26H35N5O5. The quantitative estimate of drug-likeness (QED) is 0.451. The number of carbonyl (C=O) groups is 2. The van der Waals surface area contributed by atoms with Crippen LogP contribution in [0.15, 0.2) is 36.7 Å². The summed E-state index contributed by atoms with van der Waals surface area (Å²) >= 11 is 0. The number of fused-ring (bicyclic) bond motifs is 1. The van der Waals surface area contributed by atoms with Crippen LogP contribution < -0.4 is 15.2 Å². The zero-order chi connectivity index (χ0) is 25.5. The average molecular weight is 498 g/mol. The lowest BCUT2D eigenvalue weighted by molar-refractivity contribution is -0.143. The van der Waals surface area contributed by atoms with Gasteiger partial charge in [-0.2, -0.15) is 0 Å². The smallest absolute Gasteiger partial charge is 0.308 e. The van der Waals surface area contributed by atoms with E-state index in [2.05, 4.69) is 16.9 Å². The predicted octanol–water partition coefficient (Wildman–Crippen LogP) is 1.89. The van der Waals surface area contributed by atoms with E-state index in [1.807, 2.05) is 23.1 Å². The van der Waals surface area contributed by atoms with E-state index < -0.39 is 11.9 Å². The third kappa shape index (κ3) is 5.93. The van der Waals surface area contributed by atoms with Crippen molar-refractivity contribution in [1.29, 1.82) is 0 Å². The lowest BCUT2D eigenvalue weighted by Crippen LogP contribution is -2.45. The number of hydrogen-bond acceptors (Lipinski definition) is 8. The molecule has 0 unspecified atom stereocenters. The maximum atomic E-state index is 13.3. The molecule has 0 radical (unpaired) electrons. The number of rotatable bonds is 12. The Morgan fingerprint density at radius 1 is 1.19 bits per heavy atom. The van der Waals surface area contributed by atoms with Gasteiger partial charge in [-0.15, -0.1) is 0 Å². The van der Waals surface area contributed by atoms with Crippen molar-refractivity contribution < 1.29 is 24.2 Å². The van der Waals surface area contributed by atoms with Crippen molar-refractivity contribution >= 4 is 11.9 Å². The second kappa shape index (κ2) is 12.1. The number of carbonyl (C=O) groups excluding carboxylic acids is 1. The number of nitrogens with two attached hydrogens (primary N) is 1. The van der Waals surface area contributed by atoms with Gasteiger partial charge in [-0.3, -0.25) is 14.5 Å². The van der Waals surface area contributed by atoms with Gasteiger partial charge in [0.05, 0.1) is 12.5 Å². The molecule has 2 aliphatic heterocycles. The van der Waals surface area contributed by atoms with Crippen molar-refractivity contribution in [3.8, 4) is 11.5 Å². The molecule has 2 aliphatic rings. The van der Waals surface area contributed by atoms with Crippen LogP contribution in [0.3, 0.4) is 0 Å². The number of likely N-dealkylation sites (tertiary alicyclic amines) is 1. The fourth-order valence-electron chi connectivity index (χ4n) is 5.21. The number of carboxylic acids is 1. The highest BCUT2D eigenvalue weighted by Gasteiger charge is 2.47. The highest BCUT2D eigenvalue weighted by atomic mass is 16.7. The first kappa shape index (κ1) is 25.8. The average Bonchev–Trinajstić information content (AvgIpc) is 3.50. The van der Waals surface area contributed by atoms with Crippen LogP contribution in [0.5, 0.6) is 11.5 Å². The van der Waals surface area contributed by atoms with Crippen LogP contribution in [-0.2, 0) is 16.0 Å². The Labute approximate surface area is 211 Å². The van der Waals surface area contributed by atoms with E-state index in [4.69, 9.17) is 15.2 Å². The van der Waals surface area contributed by atoms with Gasteiger partial charge in [-0.1, -0.05) is 19.4 Å². The number of carboxylic acid groups (broad SMARTS) is 1. The molecule has 1 aromatic heterocycles. The molecule has 4 rings (SSSR count). The summed E-state index contributed by atoms with van der Waals surface area (Å²) in [6.07, 6.45) is 6.29. The van der Waals surface area contributed by atoms with Crippen molar-refractivity contribution in [1.82, 2.24) is 19.8 Å². The molecular weight excluding hydrogens is 462 g/mol. The van der Waals surface area contributed by atoms with Crippen LogP contribution in [0.25, 0.3) is 0 Å². The molecule has 0 spiro atoms. The topological polar surface area (TPSA) is 131 Å². The third-order valence-electron chi connectivity index (χ3n) is 7.01. The van der Waals surface area contributed by atoms with Crippen LogP contribution in [0.1, 0.15) is 43.5 Å². The molecule has 10 heteroatoms. The fraction of sp³-hybridized carbons (Fsp3) is 0.538. The number of amides is 1. The minimum absolute atomic E-state index is 0.0228. The Morgan fingerprint density at radius 3 is 2.69 bits per heavy atom. The van der Waals surface area contributed by atoms with Gasteiger partial charge in [0.2, 0.25) is 12.7 Å². The Hall–Kier alpha value is -3.24. The minimum atomic E-state index is -0.878. The zero-order valence-electron chi connectivity index (χ0n) is 20.7. The predicted molar refractivity (Wildman–Crippen MR) is 133 cm³/mol. The molecule has 194 valence electrons. The number of nitrogens with zero attached hydrogens (tertiary/aromatic N) is 4. The molecule has 2 aromatic rings. The highest BCUT2D eigenvalue weighted by molar-refractivity contribution is 5.79. The maximum Gasteiger partial charge on any atom is 0.308 e. The highest BCUT2D eigenvalue weighted by Crippen LogP contribution is 2.42. The van der Waals surface area contributed by atoms with Crippen LogP contribution in [0.2, 0.25) is 0 Å². The number of aromatic nitrogens is 2. The number of benzene rings is 1. The molecule has 1 aromatic carbocycles. The van der Waals surface area contributed by atoms with Gasteiger partial charge in [0, 0.05) is 57.0 Å². The molecule has 1 amide bonds. The summed E-state index contributed by atoms with van der Waals surface area (Å²) in [6, 6.07) is 7.00. The first-order valence-corrected chi connectivity index (χ1v) is 12.6. The van der Waals surface area contributed by atoms with Crippen molar-refractivity contribution in [2.75, 3.05) is 39.5 Å². The summed E-state index contributed by atoms with van der Waals surface area (Å²) in [4.78, 5) is 38.4. The van der Waals surface area contributed by atoms with Gasteiger partial charge >= 0.3 is 5.97 Å². The molecule has 3 atom stereocenters. The van der Waals surface area contributed by atoms with Crippen LogP contribution in [-0.4, -0.2) is 82.3 Å². The number of ether oxygens (including phenoxy) is 2. The lowest BCUT2D eigenvalue weighted by atomic mass is 9.83. The van der Waals surface area contributed by atoms with Crippen molar-refractivity contribution in [2.45, 2.75) is 44.6 Å². The molecule has 1 saturated heterocycles. The van der Waals surface area contributed by atoms with E-state index in [9.17, 15) is 14.7 Å². The van der Waals surface area contributed by atoms with E-state index in [0.29, 0.717) is 56.3 Å². The number of aryl methyl sites for hydroxylation is 1. The summed E-state index contributed by atoms with van der Waals surface area (Å²) in [5.74, 6) is 0.0373. The minimum Gasteiger partial charge on any atom is -0.481 e. The van der Waals surface area contributed by atoms with E-state index in [1.54, 1.807) is 23.4 Å². The second-order valence-corrected chi connectivity index (χ2v) is 9.31. The number of unbranched alkanes of at least 4 members (excludes halogenated alkanes) is 1. The van der Waals surface area contributed by atoms with Crippen molar-refractivity contribution in [3.63, 3.8) is 0 Å². The van der Waals surface area contributed by atoms with Crippen molar-refractivity contribution in [3.05, 3.63) is 48.0 Å². The first-order chi connectivity index (χ1) is 17.5. The van der Waals surface area contributed by atoms with Crippen LogP contribution >= 0.6 is 0 Å². The largest absolute Gasteiger partial charge is 0.481 e. The van der Waals surface area contributed by atoms with Gasteiger partial charge in [0.1, 0.15) is 5.82 Å². The molecule has 1 fully saturated rings. The van der Waals surface area contributed by atoms with E-state index in [-0.39, 0.29) is 31.2 Å². The molecule has 0 saturated carbocycles. The molecule has 0 bridgehead atoms. The summed E-state index contributed by atoms with van der Waals surface area (Å²) in [7, 11) is 0. The molecule has 3 heterocycles. The molecule has 3 N–H and O–H groups in total. The van der Waals surface area contributed by atoms with Gasteiger partial charge in [-0.05, 0) is 36.6 Å². The third-order valence-corrected chi connectivity index (χ3v) is 7.01. The molecule has 36 heavy (non-hydrogen) atoms. The number of aliphatic carboxylic acids is 1. The van der Waals surface area contributed by atoms with Gasteiger partial charge in [0.25, 0.3) is 0 Å². The molecule has 10 nitrogen and oxygen atoms in total. The SMILES string of the molecule is CCCCN(CCN)C(=O)CN1C[C@H](c2ccc3c(c2)OCO3)[C@@H](C(=O)O)[C@@H]1CCc1ncccn1. The lowest BCUT2D eigenvalue weighted by Gasteiger charge is -2.29.